The Bertz CT molecular complexity index is 33.8. The van der Waals surface area contributed by atoms with E-state index in [4.69, 9.17) is 8.76 Å². The fraction of sp³-hybridized carbons (Fsp3) is 1.00. The van der Waals surface area contributed by atoms with Crippen molar-refractivity contribution in [3.8, 4) is 0 Å². The van der Waals surface area contributed by atoms with Gasteiger partial charge in [0, 0.05) is 6.26 Å². The van der Waals surface area contributed by atoms with Gasteiger partial charge in [0.2, 0.25) is 0 Å². The second-order valence-electron chi connectivity index (χ2n) is 0.424. The summed E-state index contributed by atoms with van der Waals surface area (Å²) in [6.07, 6.45) is 1.19. The maximum absolute atomic E-state index is 9.11. The summed E-state index contributed by atoms with van der Waals surface area (Å²) in [6, 6.07) is 0. The van der Waals surface area contributed by atoms with E-state index in [-0.39, 0.29) is 35.0 Å². The average Bonchev–Trinajstić information content (AvgIpc) is 0.811. The van der Waals surface area contributed by atoms with Crippen molar-refractivity contribution in [2.24, 2.45) is 0 Å². The Morgan fingerprint density at radius 3 is 1.67 bits per heavy atom. The van der Waals surface area contributed by atoms with Gasteiger partial charge in [-0.2, -0.15) is 0 Å². The van der Waals surface area contributed by atoms with Crippen molar-refractivity contribution >= 4 is 40.6 Å². The predicted molar refractivity (Wildman–Crippen MR) is 27.5 cm³/mol. The summed E-state index contributed by atoms with van der Waals surface area (Å²) in [5, 5.41) is 0. The van der Waals surface area contributed by atoms with Crippen LogP contribution in [-0.4, -0.2) is 50.1 Å². The molecule has 1 unspecified atom stereocenters. The molecular formula is CH7NaO3S. The fourth-order valence-electron chi connectivity index (χ4n) is 0. The van der Waals surface area contributed by atoms with E-state index in [1.807, 2.05) is 0 Å². The Morgan fingerprint density at radius 1 is 1.67 bits per heavy atom. The van der Waals surface area contributed by atoms with Crippen LogP contribution in [0.5, 0.6) is 0 Å². The van der Waals surface area contributed by atoms with Crippen LogP contribution in [-0.2, 0) is 11.1 Å². The molecule has 0 aromatic heterocycles. The second-order valence-corrected chi connectivity index (χ2v) is 1.27. The van der Waals surface area contributed by atoms with E-state index < -0.39 is 11.1 Å². The van der Waals surface area contributed by atoms with Crippen LogP contribution in [0.3, 0.4) is 0 Å². The molecule has 0 heterocycles. The van der Waals surface area contributed by atoms with Crippen LogP contribution >= 0.6 is 0 Å². The van der Waals surface area contributed by atoms with Gasteiger partial charge in [0.05, 0.1) is 0 Å². The minimum absolute atomic E-state index is 0. The molecule has 0 fully saturated rings. The van der Waals surface area contributed by atoms with Crippen molar-refractivity contribution in [2.75, 3.05) is 6.26 Å². The number of hydrogen-bond donors (Lipinski definition) is 1. The van der Waals surface area contributed by atoms with Crippen LogP contribution in [0.1, 0.15) is 0 Å². The standard InChI is InChI=1S/CH4O2S.Na.H2O.H/c1-4(2)3;;;/h1H3,(H,2,3);;1H2;. The van der Waals surface area contributed by atoms with Gasteiger partial charge in [0.1, 0.15) is 11.1 Å². The van der Waals surface area contributed by atoms with E-state index in [1.54, 1.807) is 0 Å². The molecule has 5 heteroatoms. The molecule has 1 atom stereocenters. The minimum atomic E-state index is -1.61. The Kier molecular flexibility index (Phi) is 24.7. The average molecular weight is 122 g/mol. The molecule has 0 saturated heterocycles. The molecule has 0 aliphatic carbocycles. The maximum atomic E-state index is 9.11. The zero-order valence-corrected chi connectivity index (χ0v) is 3.58. The second kappa shape index (κ2) is 9.42. The van der Waals surface area contributed by atoms with Crippen molar-refractivity contribution in [1.29, 1.82) is 0 Å². The molecular weight excluding hydrogens is 115 g/mol. The van der Waals surface area contributed by atoms with Crippen LogP contribution in [0.15, 0.2) is 0 Å². The molecule has 0 rings (SSSR count). The molecule has 3 nitrogen and oxygen atoms in total. The van der Waals surface area contributed by atoms with Crippen LogP contribution in [0, 0.1) is 0 Å². The first kappa shape index (κ1) is 15.7. The first-order valence-corrected chi connectivity index (χ1v) is 2.27. The van der Waals surface area contributed by atoms with E-state index in [9.17, 15) is 0 Å². The first-order chi connectivity index (χ1) is 1.73. The number of hydrogen-bond acceptors (Lipinski definition) is 1. The van der Waals surface area contributed by atoms with Crippen LogP contribution in [0.2, 0.25) is 0 Å². The van der Waals surface area contributed by atoms with E-state index >= 15 is 0 Å². The molecule has 0 spiro atoms. The third-order valence-electron chi connectivity index (χ3n) is 0. The fourth-order valence-corrected chi connectivity index (χ4v) is 0. The zero-order valence-electron chi connectivity index (χ0n) is 2.76. The summed E-state index contributed by atoms with van der Waals surface area (Å²) in [6.45, 7) is 0. The third kappa shape index (κ3) is 73.4. The third-order valence-corrected chi connectivity index (χ3v) is 0. The molecule has 6 heavy (non-hydrogen) atoms. The summed E-state index contributed by atoms with van der Waals surface area (Å²) >= 11 is -1.61. The van der Waals surface area contributed by atoms with Gasteiger partial charge in [0.15, 0.2) is 0 Å². The monoisotopic (exact) mass is 122 g/mol. The molecule has 0 aliphatic rings. The van der Waals surface area contributed by atoms with E-state index in [0.717, 1.165) is 0 Å². The van der Waals surface area contributed by atoms with Gasteiger partial charge >= 0.3 is 29.6 Å². The number of rotatable bonds is 0. The van der Waals surface area contributed by atoms with Gasteiger partial charge in [0.25, 0.3) is 0 Å². The summed E-state index contributed by atoms with van der Waals surface area (Å²) < 4.78 is 16.6. The molecule has 0 saturated carbocycles. The van der Waals surface area contributed by atoms with E-state index in [2.05, 4.69) is 0 Å². The van der Waals surface area contributed by atoms with Crippen molar-refractivity contribution in [3.05, 3.63) is 0 Å². The van der Waals surface area contributed by atoms with Crippen molar-refractivity contribution in [1.82, 2.24) is 0 Å². The Morgan fingerprint density at radius 2 is 1.67 bits per heavy atom. The molecule has 0 bridgehead atoms. The van der Waals surface area contributed by atoms with Gasteiger partial charge in [-0.25, -0.2) is 4.21 Å². The molecule has 0 aromatic carbocycles. The summed E-state index contributed by atoms with van der Waals surface area (Å²) in [5.74, 6) is 0. The molecule has 36 valence electrons. The summed E-state index contributed by atoms with van der Waals surface area (Å²) in [4.78, 5) is 0. The molecule has 3 N–H and O–H groups in total. The molecule has 0 radical (unpaired) electrons. The van der Waals surface area contributed by atoms with E-state index in [1.165, 1.54) is 6.26 Å². The molecule has 0 aliphatic heterocycles. The normalized spacial score (nSPS) is 10.3. The van der Waals surface area contributed by atoms with Crippen molar-refractivity contribution in [3.63, 3.8) is 0 Å². The summed E-state index contributed by atoms with van der Waals surface area (Å²) in [7, 11) is 0. The van der Waals surface area contributed by atoms with Crippen molar-refractivity contribution < 1.29 is 14.2 Å². The van der Waals surface area contributed by atoms with Gasteiger partial charge in [-0.15, -0.1) is 0 Å². The van der Waals surface area contributed by atoms with Crippen molar-refractivity contribution in [2.45, 2.75) is 0 Å². The van der Waals surface area contributed by atoms with Crippen LogP contribution in [0.4, 0.5) is 0 Å². The van der Waals surface area contributed by atoms with Gasteiger partial charge < -0.3 is 10.0 Å². The molecule has 0 amide bonds. The van der Waals surface area contributed by atoms with Gasteiger partial charge in [-0.1, -0.05) is 0 Å². The van der Waals surface area contributed by atoms with Crippen LogP contribution in [0.25, 0.3) is 0 Å². The quantitative estimate of drug-likeness (QED) is 0.309. The van der Waals surface area contributed by atoms with Crippen LogP contribution < -0.4 is 0 Å². The first-order valence-electron chi connectivity index (χ1n) is 0.757. The van der Waals surface area contributed by atoms with Gasteiger partial charge in [-0.3, -0.25) is 0 Å². The summed E-state index contributed by atoms with van der Waals surface area (Å²) in [5.41, 5.74) is 0. The van der Waals surface area contributed by atoms with E-state index in [0.29, 0.717) is 0 Å². The Labute approximate surface area is 61.0 Å². The Hall–Kier alpha value is 1.07. The SMILES string of the molecule is CS(=O)O.O.[NaH]. The topological polar surface area (TPSA) is 68.8 Å². The molecule has 0 aromatic rings. The zero-order chi connectivity index (χ0) is 3.58. The Balaban J connectivity index is -0.0000000450. The predicted octanol–water partition coefficient (Wildman–Crippen LogP) is -1.64. The van der Waals surface area contributed by atoms with Gasteiger partial charge in [-0.05, 0) is 0 Å².